The summed E-state index contributed by atoms with van der Waals surface area (Å²) in [4.78, 5) is 4.18. The van der Waals surface area contributed by atoms with Crippen molar-refractivity contribution in [2.24, 2.45) is 0 Å². The van der Waals surface area contributed by atoms with Crippen molar-refractivity contribution in [3.63, 3.8) is 0 Å². The van der Waals surface area contributed by atoms with Crippen LogP contribution in [0.25, 0.3) is 22.6 Å². The number of oxazole rings is 1. The van der Waals surface area contributed by atoms with E-state index in [1.165, 1.54) is 24.3 Å². The average Bonchev–Trinajstić information content (AvgIpc) is 3.06. The van der Waals surface area contributed by atoms with E-state index in [4.69, 9.17) is 43.4 Å². The molecular formula is C20H12Cl3NO4S. The van der Waals surface area contributed by atoms with Crippen LogP contribution in [-0.4, -0.2) is 13.4 Å². The number of hydrogen-bond acceptors (Lipinski definition) is 5. The Hall–Kier alpha value is -2.25. The Morgan fingerprint density at radius 2 is 1.79 bits per heavy atom. The van der Waals surface area contributed by atoms with E-state index in [2.05, 4.69) is 4.98 Å². The van der Waals surface area contributed by atoms with Crippen LogP contribution in [0.15, 0.2) is 63.9 Å². The fourth-order valence-corrected chi connectivity index (χ4v) is 4.58. The van der Waals surface area contributed by atoms with E-state index in [1.54, 1.807) is 18.2 Å². The molecule has 1 heterocycles. The van der Waals surface area contributed by atoms with Crippen LogP contribution in [0.1, 0.15) is 5.56 Å². The van der Waals surface area contributed by atoms with Crippen molar-refractivity contribution in [2.75, 3.05) is 0 Å². The average molecular weight is 469 g/mol. The van der Waals surface area contributed by atoms with Crippen molar-refractivity contribution < 1.29 is 17.0 Å². The lowest BCUT2D eigenvalue weighted by atomic mass is 10.2. The molecule has 4 rings (SSSR count). The Bertz CT molecular complexity index is 1350. The SMILES string of the molecule is Cc1ccc2oc(-c3ccc(Cl)cc3OS(=O)(=O)c3cccc(Cl)c3Cl)nc2c1. The highest BCUT2D eigenvalue weighted by Crippen LogP contribution is 2.37. The Balaban J connectivity index is 1.82. The van der Waals surface area contributed by atoms with Crippen molar-refractivity contribution in [2.45, 2.75) is 11.8 Å². The maximum absolute atomic E-state index is 12.8. The molecule has 0 spiro atoms. The van der Waals surface area contributed by atoms with Gasteiger partial charge in [0.1, 0.15) is 10.4 Å². The summed E-state index contributed by atoms with van der Waals surface area (Å²) in [5.74, 6) is 0.154. The van der Waals surface area contributed by atoms with Gasteiger partial charge in [-0.05, 0) is 48.9 Å². The summed E-state index contributed by atoms with van der Waals surface area (Å²) in [5.41, 5.74) is 2.54. The minimum atomic E-state index is -4.30. The monoisotopic (exact) mass is 467 g/mol. The molecule has 5 nitrogen and oxygen atoms in total. The summed E-state index contributed by atoms with van der Waals surface area (Å²) in [5, 5.41) is 0.246. The third-order valence-corrected chi connectivity index (χ3v) is 6.55. The highest BCUT2D eigenvalue weighted by molar-refractivity contribution is 7.87. The molecule has 0 unspecified atom stereocenters. The van der Waals surface area contributed by atoms with Crippen molar-refractivity contribution in [3.05, 3.63) is 75.2 Å². The molecule has 4 aromatic rings. The van der Waals surface area contributed by atoms with Crippen LogP contribution in [-0.2, 0) is 10.1 Å². The lowest BCUT2D eigenvalue weighted by Crippen LogP contribution is -2.11. The van der Waals surface area contributed by atoms with Gasteiger partial charge in [-0.1, -0.05) is 46.9 Å². The van der Waals surface area contributed by atoms with Gasteiger partial charge in [-0.2, -0.15) is 8.42 Å². The van der Waals surface area contributed by atoms with E-state index in [0.29, 0.717) is 16.7 Å². The van der Waals surface area contributed by atoms with E-state index in [0.717, 1.165) is 5.56 Å². The summed E-state index contributed by atoms with van der Waals surface area (Å²) in [6, 6.07) is 14.3. The molecule has 0 saturated heterocycles. The first-order valence-corrected chi connectivity index (χ1v) is 10.8. The predicted molar refractivity (Wildman–Crippen MR) is 113 cm³/mol. The molecule has 9 heteroatoms. The van der Waals surface area contributed by atoms with Crippen LogP contribution >= 0.6 is 34.8 Å². The lowest BCUT2D eigenvalue weighted by molar-refractivity contribution is 0.485. The van der Waals surface area contributed by atoms with Gasteiger partial charge in [-0.15, -0.1) is 0 Å². The van der Waals surface area contributed by atoms with Crippen molar-refractivity contribution in [3.8, 4) is 17.2 Å². The zero-order valence-electron chi connectivity index (χ0n) is 14.8. The zero-order valence-corrected chi connectivity index (χ0v) is 17.9. The number of aromatic nitrogens is 1. The first kappa shape index (κ1) is 20.0. The molecule has 0 aliphatic carbocycles. The van der Waals surface area contributed by atoms with Gasteiger partial charge in [0.2, 0.25) is 5.89 Å². The smallest absolute Gasteiger partial charge is 0.340 e. The van der Waals surface area contributed by atoms with E-state index in [1.807, 2.05) is 19.1 Å². The number of fused-ring (bicyclic) bond motifs is 1. The second-order valence-electron chi connectivity index (χ2n) is 6.22. The van der Waals surface area contributed by atoms with Gasteiger partial charge >= 0.3 is 10.1 Å². The largest absolute Gasteiger partial charge is 0.436 e. The van der Waals surface area contributed by atoms with E-state index >= 15 is 0 Å². The molecule has 0 fully saturated rings. The van der Waals surface area contributed by atoms with Crippen molar-refractivity contribution in [1.82, 2.24) is 4.98 Å². The maximum atomic E-state index is 12.8. The quantitative estimate of drug-likeness (QED) is 0.318. The molecule has 1 aromatic heterocycles. The summed E-state index contributed by atoms with van der Waals surface area (Å²) in [6.45, 7) is 1.94. The molecule has 0 radical (unpaired) electrons. The first-order chi connectivity index (χ1) is 13.7. The van der Waals surface area contributed by atoms with Gasteiger partial charge in [0, 0.05) is 11.1 Å². The normalized spacial score (nSPS) is 11.7. The first-order valence-electron chi connectivity index (χ1n) is 8.30. The fourth-order valence-electron chi connectivity index (χ4n) is 2.73. The second kappa shape index (κ2) is 7.54. The number of nitrogens with zero attached hydrogens (tertiary/aromatic N) is 1. The van der Waals surface area contributed by atoms with E-state index in [-0.39, 0.29) is 31.6 Å². The second-order valence-corrected chi connectivity index (χ2v) is 8.96. The van der Waals surface area contributed by atoms with Crippen LogP contribution in [0.5, 0.6) is 5.75 Å². The predicted octanol–water partition coefficient (Wildman–Crippen LogP) is 6.53. The van der Waals surface area contributed by atoms with Crippen LogP contribution in [0.3, 0.4) is 0 Å². The number of rotatable bonds is 4. The summed E-state index contributed by atoms with van der Waals surface area (Å²) in [7, 11) is -4.30. The third-order valence-electron chi connectivity index (χ3n) is 4.10. The van der Waals surface area contributed by atoms with Crippen LogP contribution < -0.4 is 4.18 Å². The molecule has 3 aromatic carbocycles. The van der Waals surface area contributed by atoms with E-state index < -0.39 is 10.1 Å². The fraction of sp³-hybridized carbons (Fsp3) is 0.0500. The number of hydrogen-bond donors (Lipinski definition) is 0. The molecule has 0 atom stereocenters. The molecule has 0 aliphatic heterocycles. The van der Waals surface area contributed by atoms with Crippen LogP contribution in [0, 0.1) is 6.92 Å². The summed E-state index contributed by atoms with van der Waals surface area (Å²) >= 11 is 18.0. The van der Waals surface area contributed by atoms with Gasteiger partial charge < -0.3 is 8.60 Å². The van der Waals surface area contributed by atoms with Gasteiger partial charge in [0.15, 0.2) is 11.3 Å². The van der Waals surface area contributed by atoms with Crippen molar-refractivity contribution in [1.29, 1.82) is 0 Å². The molecular weight excluding hydrogens is 457 g/mol. The lowest BCUT2D eigenvalue weighted by Gasteiger charge is -2.11. The summed E-state index contributed by atoms with van der Waals surface area (Å²) in [6.07, 6.45) is 0. The van der Waals surface area contributed by atoms with E-state index in [9.17, 15) is 8.42 Å². The molecule has 0 amide bonds. The molecule has 0 N–H and O–H groups in total. The molecule has 0 aliphatic rings. The highest BCUT2D eigenvalue weighted by Gasteiger charge is 2.25. The van der Waals surface area contributed by atoms with Crippen LogP contribution in [0.2, 0.25) is 15.1 Å². The Morgan fingerprint density at radius 3 is 2.59 bits per heavy atom. The Morgan fingerprint density at radius 1 is 1.00 bits per heavy atom. The molecule has 0 saturated carbocycles. The topological polar surface area (TPSA) is 69.4 Å². The van der Waals surface area contributed by atoms with Crippen LogP contribution in [0.4, 0.5) is 0 Å². The number of halogens is 3. The van der Waals surface area contributed by atoms with Gasteiger partial charge in [0.05, 0.1) is 15.6 Å². The summed E-state index contributed by atoms with van der Waals surface area (Å²) < 4.78 is 36.8. The molecule has 0 bridgehead atoms. The third kappa shape index (κ3) is 3.94. The van der Waals surface area contributed by atoms with Gasteiger partial charge in [0.25, 0.3) is 0 Å². The van der Waals surface area contributed by atoms with Gasteiger partial charge in [-0.25, -0.2) is 4.98 Å². The Labute approximate surface area is 181 Å². The molecule has 29 heavy (non-hydrogen) atoms. The standard InChI is InChI=1S/C20H12Cl3NO4S/c1-11-5-8-16-15(9-11)24-20(27-16)13-7-6-12(21)10-17(13)28-29(25,26)18-4-2-3-14(22)19(18)23/h2-10H,1H3. The van der Waals surface area contributed by atoms with Crippen molar-refractivity contribution >= 4 is 56.0 Å². The number of benzene rings is 3. The molecule has 148 valence electrons. The zero-order chi connectivity index (χ0) is 20.8. The Kier molecular flexibility index (Phi) is 5.21. The minimum Gasteiger partial charge on any atom is -0.436 e. The minimum absolute atomic E-state index is 0.0446. The number of aryl methyl sites for hydroxylation is 1. The highest BCUT2D eigenvalue weighted by atomic mass is 35.5. The maximum Gasteiger partial charge on any atom is 0.340 e. The van der Waals surface area contributed by atoms with Gasteiger partial charge in [-0.3, -0.25) is 0 Å².